The Kier molecular flexibility index (Phi) is 5.29. The lowest BCUT2D eigenvalue weighted by Crippen LogP contribution is -2.49. The van der Waals surface area contributed by atoms with Gasteiger partial charge in [-0.05, 0) is 59.0 Å². The van der Waals surface area contributed by atoms with Crippen LogP contribution in [0.15, 0.2) is 24.3 Å². The first-order chi connectivity index (χ1) is 8.31. The fraction of sp³-hybridized carbons (Fsp3) is 0.600. The molecule has 0 radical (unpaired) electrons. The second-order valence-corrected chi connectivity index (χ2v) is 5.82. The van der Waals surface area contributed by atoms with Gasteiger partial charge in [0, 0.05) is 18.1 Å². The summed E-state index contributed by atoms with van der Waals surface area (Å²) >= 11 is 0. The van der Waals surface area contributed by atoms with E-state index in [1.54, 1.807) is 0 Å². The second-order valence-electron chi connectivity index (χ2n) is 5.82. The molecule has 3 heteroatoms. The highest BCUT2D eigenvalue weighted by molar-refractivity contribution is 5.17. The van der Waals surface area contributed by atoms with Crippen LogP contribution >= 0.6 is 0 Å². The van der Waals surface area contributed by atoms with Gasteiger partial charge in [0.25, 0.3) is 0 Å². The van der Waals surface area contributed by atoms with Crippen LogP contribution in [0.3, 0.4) is 0 Å². The molecule has 0 aliphatic heterocycles. The molecule has 2 nitrogen and oxygen atoms in total. The molecule has 1 N–H and O–H groups in total. The van der Waals surface area contributed by atoms with Crippen molar-refractivity contribution in [2.45, 2.75) is 38.8 Å². The van der Waals surface area contributed by atoms with Crippen molar-refractivity contribution in [1.82, 2.24) is 10.2 Å². The molecule has 0 aliphatic carbocycles. The van der Waals surface area contributed by atoms with Crippen LogP contribution in [0.25, 0.3) is 0 Å². The van der Waals surface area contributed by atoms with E-state index in [0.717, 1.165) is 13.0 Å². The molecule has 0 aliphatic rings. The van der Waals surface area contributed by atoms with Gasteiger partial charge in [-0.25, -0.2) is 4.39 Å². The molecule has 0 aromatic heterocycles. The highest BCUT2D eigenvalue weighted by Gasteiger charge is 2.20. The van der Waals surface area contributed by atoms with Crippen molar-refractivity contribution < 1.29 is 4.39 Å². The molecule has 0 spiro atoms. The smallest absolute Gasteiger partial charge is 0.123 e. The van der Waals surface area contributed by atoms with E-state index < -0.39 is 0 Å². The van der Waals surface area contributed by atoms with Gasteiger partial charge in [-0.15, -0.1) is 0 Å². The van der Waals surface area contributed by atoms with Crippen LogP contribution in [0.5, 0.6) is 0 Å². The third-order valence-electron chi connectivity index (χ3n) is 3.55. The van der Waals surface area contributed by atoms with Crippen LogP contribution in [0.2, 0.25) is 0 Å². The minimum absolute atomic E-state index is 0.136. The van der Waals surface area contributed by atoms with Crippen molar-refractivity contribution in [3.05, 3.63) is 35.6 Å². The summed E-state index contributed by atoms with van der Waals surface area (Å²) in [6.07, 6.45) is 0.920. The molecule has 1 aromatic rings. The van der Waals surface area contributed by atoms with E-state index in [2.05, 4.69) is 45.1 Å². The highest BCUT2D eigenvalue weighted by atomic mass is 19.1. The van der Waals surface area contributed by atoms with E-state index >= 15 is 0 Å². The predicted molar refractivity (Wildman–Crippen MR) is 75.3 cm³/mol. The molecule has 0 amide bonds. The van der Waals surface area contributed by atoms with E-state index in [4.69, 9.17) is 0 Å². The largest absolute Gasteiger partial charge is 0.312 e. The van der Waals surface area contributed by atoms with Gasteiger partial charge >= 0.3 is 0 Å². The average molecular weight is 252 g/mol. The average Bonchev–Trinajstić information content (AvgIpc) is 2.29. The molecule has 1 aromatic carbocycles. The first-order valence-electron chi connectivity index (χ1n) is 6.46. The Morgan fingerprint density at radius 1 is 1.22 bits per heavy atom. The maximum Gasteiger partial charge on any atom is 0.123 e. The number of hydrogen-bond acceptors (Lipinski definition) is 2. The number of nitrogens with one attached hydrogen (secondary N) is 1. The van der Waals surface area contributed by atoms with Gasteiger partial charge in [0.2, 0.25) is 0 Å². The maximum atomic E-state index is 12.8. The molecule has 1 rings (SSSR count). The van der Waals surface area contributed by atoms with E-state index in [0.29, 0.717) is 6.04 Å². The first kappa shape index (κ1) is 15.1. The zero-order valence-corrected chi connectivity index (χ0v) is 12.1. The van der Waals surface area contributed by atoms with Crippen molar-refractivity contribution >= 4 is 0 Å². The number of benzene rings is 1. The monoisotopic (exact) mass is 252 g/mol. The first-order valence-corrected chi connectivity index (χ1v) is 6.46. The Hall–Kier alpha value is -0.930. The molecule has 0 saturated carbocycles. The second kappa shape index (κ2) is 6.30. The van der Waals surface area contributed by atoms with Crippen LogP contribution in [0.4, 0.5) is 4.39 Å². The number of likely N-dealkylation sites (N-methyl/N-ethyl adjacent to an activating group) is 1. The molecule has 0 bridgehead atoms. The summed E-state index contributed by atoms with van der Waals surface area (Å²) in [5.74, 6) is -0.173. The summed E-state index contributed by atoms with van der Waals surface area (Å²) < 4.78 is 12.8. The quantitative estimate of drug-likeness (QED) is 0.837. The van der Waals surface area contributed by atoms with Crippen LogP contribution in [0, 0.1) is 5.82 Å². The van der Waals surface area contributed by atoms with Gasteiger partial charge in [0.1, 0.15) is 5.82 Å². The van der Waals surface area contributed by atoms with Crippen molar-refractivity contribution in [2.75, 3.05) is 20.6 Å². The molecular formula is C15H25FN2. The molecule has 1 unspecified atom stereocenters. The number of halogens is 1. The standard InChI is InChI=1S/C15H25FN2/c1-12(17-11-15(2,3)18(4)5)10-13-6-8-14(16)9-7-13/h6-9,12,17H,10-11H2,1-5H3. The van der Waals surface area contributed by atoms with E-state index in [9.17, 15) is 4.39 Å². The van der Waals surface area contributed by atoms with Gasteiger partial charge in [0.05, 0.1) is 0 Å². The number of hydrogen-bond donors (Lipinski definition) is 1. The zero-order chi connectivity index (χ0) is 13.8. The fourth-order valence-corrected chi connectivity index (χ4v) is 1.63. The lowest BCUT2D eigenvalue weighted by atomic mass is 10.0. The lowest BCUT2D eigenvalue weighted by Gasteiger charge is -2.34. The Morgan fingerprint density at radius 3 is 2.28 bits per heavy atom. The fourth-order valence-electron chi connectivity index (χ4n) is 1.63. The Morgan fingerprint density at radius 2 is 1.78 bits per heavy atom. The summed E-state index contributed by atoms with van der Waals surface area (Å²) in [5, 5.41) is 3.53. The molecule has 18 heavy (non-hydrogen) atoms. The minimum atomic E-state index is -0.173. The molecule has 102 valence electrons. The molecule has 1 atom stereocenters. The van der Waals surface area contributed by atoms with E-state index in [1.165, 1.54) is 17.7 Å². The summed E-state index contributed by atoms with van der Waals surface area (Å²) in [5.41, 5.74) is 1.30. The summed E-state index contributed by atoms with van der Waals surface area (Å²) in [6.45, 7) is 7.52. The molecular weight excluding hydrogens is 227 g/mol. The SMILES string of the molecule is CC(Cc1ccc(F)cc1)NCC(C)(C)N(C)C. The van der Waals surface area contributed by atoms with Crippen LogP contribution < -0.4 is 5.32 Å². The van der Waals surface area contributed by atoms with Gasteiger partial charge in [0.15, 0.2) is 0 Å². The summed E-state index contributed by atoms with van der Waals surface area (Å²) in [6, 6.07) is 7.13. The van der Waals surface area contributed by atoms with Crippen LogP contribution in [0.1, 0.15) is 26.3 Å². The minimum Gasteiger partial charge on any atom is -0.312 e. The van der Waals surface area contributed by atoms with Gasteiger partial charge in [-0.1, -0.05) is 12.1 Å². The van der Waals surface area contributed by atoms with Crippen molar-refractivity contribution in [1.29, 1.82) is 0 Å². The molecule has 0 fully saturated rings. The summed E-state index contributed by atoms with van der Waals surface area (Å²) in [4.78, 5) is 2.21. The zero-order valence-electron chi connectivity index (χ0n) is 12.1. The van der Waals surface area contributed by atoms with Crippen molar-refractivity contribution in [2.24, 2.45) is 0 Å². The van der Waals surface area contributed by atoms with Crippen LogP contribution in [-0.4, -0.2) is 37.1 Å². The third kappa shape index (κ3) is 4.75. The van der Waals surface area contributed by atoms with E-state index in [-0.39, 0.29) is 11.4 Å². The molecule has 0 saturated heterocycles. The Balaban J connectivity index is 2.42. The normalized spacial score (nSPS) is 13.9. The predicted octanol–water partition coefficient (Wildman–Crippen LogP) is 2.69. The van der Waals surface area contributed by atoms with Gasteiger partial charge in [-0.2, -0.15) is 0 Å². The number of rotatable bonds is 6. The van der Waals surface area contributed by atoms with Gasteiger partial charge < -0.3 is 10.2 Å². The van der Waals surface area contributed by atoms with Crippen molar-refractivity contribution in [3.8, 4) is 0 Å². The topological polar surface area (TPSA) is 15.3 Å². The lowest BCUT2D eigenvalue weighted by molar-refractivity contribution is 0.185. The number of nitrogens with zero attached hydrogens (tertiary/aromatic N) is 1. The maximum absolute atomic E-state index is 12.8. The Labute approximate surface area is 110 Å². The van der Waals surface area contributed by atoms with Crippen LogP contribution in [-0.2, 0) is 6.42 Å². The van der Waals surface area contributed by atoms with Crippen molar-refractivity contribution in [3.63, 3.8) is 0 Å². The Bertz CT molecular complexity index is 357. The highest BCUT2D eigenvalue weighted by Crippen LogP contribution is 2.10. The summed E-state index contributed by atoms with van der Waals surface area (Å²) in [7, 11) is 4.18. The van der Waals surface area contributed by atoms with E-state index in [1.807, 2.05) is 12.1 Å². The third-order valence-corrected chi connectivity index (χ3v) is 3.55. The molecule has 0 heterocycles. The van der Waals surface area contributed by atoms with Gasteiger partial charge in [-0.3, -0.25) is 0 Å².